The lowest BCUT2D eigenvalue weighted by atomic mass is 10.2. The summed E-state index contributed by atoms with van der Waals surface area (Å²) in [4.78, 5) is 10.5. The molecule has 3 nitrogen and oxygen atoms in total. The van der Waals surface area contributed by atoms with Gasteiger partial charge in [0.15, 0.2) is 0 Å². The first-order chi connectivity index (χ1) is 7.69. The zero-order valence-electron chi connectivity index (χ0n) is 10.3. The minimum absolute atomic E-state index is 0.322. The molecule has 90 valence electrons. The average Bonchev–Trinajstić information content (AvgIpc) is 2.29. The third-order valence-electron chi connectivity index (χ3n) is 2.78. The molecule has 1 aromatic heterocycles. The Morgan fingerprint density at radius 3 is 2.75 bits per heavy atom. The highest BCUT2D eigenvalue weighted by molar-refractivity contribution is 6.28. The predicted octanol–water partition coefficient (Wildman–Crippen LogP) is 3.54. The van der Waals surface area contributed by atoms with Gasteiger partial charge >= 0.3 is 0 Å². The molecule has 0 N–H and O–H groups in total. The number of aromatic nitrogens is 2. The summed E-state index contributed by atoms with van der Waals surface area (Å²) in [6.45, 7) is 7.62. The molecular formula is C12H20ClN3. The van der Waals surface area contributed by atoms with Crippen LogP contribution in [0.3, 0.4) is 0 Å². The van der Waals surface area contributed by atoms with E-state index in [0.29, 0.717) is 11.3 Å². The van der Waals surface area contributed by atoms with Crippen LogP contribution in [0, 0.1) is 0 Å². The SMILES string of the molecule is CCCCN(c1ccnc(Cl)n1)C(C)CC. The summed E-state index contributed by atoms with van der Waals surface area (Å²) in [6, 6.07) is 2.41. The van der Waals surface area contributed by atoms with Crippen molar-refractivity contribution in [1.29, 1.82) is 0 Å². The molecule has 1 unspecified atom stereocenters. The molecule has 0 saturated heterocycles. The maximum absolute atomic E-state index is 5.82. The van der Waals surface area contributed by atoms with E-state index in [2.05, 4.69) is 35.6 Å². The second-order valence-electron chi connectivity index (χ2n) is 3.99. The number of anilines is 1. The summed E-state index contributed by atoms with van der Waals surface area (Å²) in [7, 11) is 0. The monoisotopic (exact) mass is 241 g/mol. The molecular weight excluding hydrogens is 222 g/mol. The molecule has 1 heterocycles. The molecule has 16 heavy (non-hydrogen) atoms. The molecule has 0 aliphatic rings. The number of nitrogens with zero attached hydrogens (tertiary/aromatic N) is 3. The van der Waals surface area contributed by atoms with Crippen molar-refractivity contribution in [1.82, 2.24) is 9.97 Å². The smallest absolute Gasteiger partial charge is 0.224 e. The predicted molar refractivity (Wildman–Crippen MR) is 69.0 cm³/mol. The molecule has 0 amide bonds. The van der Waals surface area contributed by atoms with Crippen LogP contribution in [0.1, 0.15) is 40.0 Å². The fraction of sp³-hybridized carbons (Fsp3) is 0.667. The molecule has 0 aliphatic heterocycles. The van der Waals surface area contributed by atoms with Crippen LogP contribution in [0.15, 0.2) is 12.3 Å². The van der Waals surface area contributed by atoms with E-state index in [9.17, 15) is 0 Å². The lowest BCUT2D eigenvalue weighted by Gasteiger charge is -2.29. The van der Waals surface area contributed by atoms with Crippen LogP contribution in [0.4, 0.5) is 5.82 Å². The van der Waals surface area contributed by atoms with Crippen LogP contribution in [0.5, 0.6) is 0 Å². The van der Waals surface area contributed by atoms with Crippen molar-refractivity contribution in [2.24, 2.45) is 0 Å². The van der Waals surface area contributed by atoms with Crippen LogP contribution >= 0.6 is 11.6 Å². The Morgan fingerprint density at radius 2 is 2.19 bits per heavy atom. The van der Waals surface area contributed by atoms with Gasteiger partial charge in [-0.1, -0.05) is 20.3 Å². The fourth-order valence-electron chi connectivity index (χ4n) is 1.60. The summed E-state index contributed by atoms with van der Waals surface area (Å²) in [5.74, 6) is 0.933. The summed E-state index contributed by atoms with van der Waals surface area (Å²) >= 11 is 5.82. The molecule has 0 bridgehead atoms. The van der Waals surface area contributed by atoms with Crippen molar-refractivity contribution in [3.63, 3.8) is 0 Å². The third-order valence-corrected chi connectivity index (χ3v) is 2.96. The van der Waals surface area contributed by atoms with Crippen LogP contribution in [0.2, 0.25) is 5.28 Å². The quantitative estimate of drug-likeness (QED) is 0.714. The highest BCUT2D eigenvalue weighted by Gasteiger charge is 2.13. The van der Waals surface area contributed by atoms with Crippen LogP contribution in [-0.4, -0.2) is 22.6 Å². The van der Waals surface area contributed by atoms with Gasteiger partial charge in [0, 0.05) is 18.8 Å². The van der Waals surface area contributed by atoms with E-state index in [-0.39, 0.29) is 0 Å². The van der Waals surface area contributed by atoms with Gasteiger partial charge in [0.25, 0.3) is 0 Å². The second-order valence-corrected chi connectivity index (χ2v) is 4.33. The number of hydrogen-bond donors (Lipinski definition) is 0. The van der Waals surface area contributed by atoms with E-state index in [4.69, 9.17) is 11.6 Å². The Kier molecular flexibility index (Phi) is 5.53. The standard InChI is InChI=1S/C12H20ClN3/c1-4-6-9-16(10(3)5-2)11-7-8-14-12(13)15-11/h7-8,10H,4-6,9H2,1-3H3. The van der Waals surface area contributed by atoms with Crippen LogP contribution in [0.25, 0.3) is 0 Å². The van der Waals surface area contributed by atoms with Crippen molar-refractivity contribution in [3.05, 3.63) is 17.5 Å². The number of hydrogen-bond acceptors (Lipinski definition) is 3. The molecule has 1 rings (SSSR count). The minimum Gasteiger partial charge on any atom is -0.354 e. The number of unbranched alkanes of at least 4 members (excludes halogenated alkanes) is 1. The van der Waals surface area contributed by atoms with E-state index < -0.39 is 0 Å². The van der Waals surface area contributed by atoms with Gasteiger partial charge in [-0.15, -0.1) is 0 Å². The molecule has 0 aliphatic carbocycles. The van der Waals surface area contributed by atoms with E-state index >= 15 is 0 Å². The first-order valence-electron chi connectivity index (χ1n) is 5.94. The van der Waals surface area contributed by atoms with Crippen LogP contribution < -0.4 is 4.90 Å². The Morgan fingerprint density at radius 1 is 1.44 bits per heavy atom. The van der Waals surface area contributed by atoms with Gasteiger partial charge in [0.1, 0.15) is 5.82 Å². The fourth-order valence-corrected chi connectivity index (χ4v) is 1.74. The largest absolute Gasteiger partial charge is 0.354 e. The van der Waals surface area contributed by atoms with Crippen molar-refractivity contribution in [3.8, 4) is 0 Å². The van der Waals surface area contributed by atoms with Crippen molar-refractivity contribution in [2.45, 2.75) is 46.1 Å². The van der Waals surface area contributed by atoms with E-state index in [1.165, 1.54) is 12.8 Å². The zero-order valence-corrected chi connectivity index (χ0v) is 11.0. The van der Waals surface area contributed by atoms with Crippen molar-refractivity contribution >= 4 is 17.4 Å². The minimum atomic E-state index is 0.322. The van der Waals surface area contributed by atoms with Crippen LogP contribution in [-0.2, 0) is 0 Å². The Hall–Kier alpha value is -0.830. The first kappa shape index (κ1) is 13.2. The van der Waals surface area contributed by atoms with E-state index in [1.54, 1.807) is 6.20 Å². The summed E-state index contributed by atoms with van der Waals surface area (Å²) in [5.41, 5.74) is 0. The number of halogens is 1. The van der Waals surface area contributed by atoms with Gasteiger partial charge < -0.3 is 4.90 Å². The third kappa shape index (κ3) is 3.63. The summed E-state index contributed by atoms with van der Waals surface area (Å²) in [5, 5.41) is 0.322. The van der Waals surface area contributed by atoms with Crippen molar-refractivity contribution in [2.75, 3.05) is 11.4 Å². The Balaban J connectivity index is 2.82. The zero-order chi connectivity index (χ0) is 12.0. The molecule has 4 heteroatoms. The van der Waals surface area contributed by atoms with Crippen molar-refractivity contribution < 1.29 is 0 Å². The summed E-state index contributed by atoms with van der Waals surface area (Å²) in [6.07, 6.45) is 5.18. The van der Waals surface area contributed by atoms with E-state index in [1.807, 2.05) is 6.07 Å². The van der Waals surface area contributed by atoms with E-state index in [0.717, 1.165) is 18.8 Å². The summed E-state index contributed by atoms with van der Waals surface area (Å²) < 4.78 is 0. The van der Waals surface area contributed by atoms with Gasteiger partial charge in [-0.25, -0.2) is 9.97 Å². The highest BCUT2D eigenvalue weighted by atomic mass is 35.5. The molecule has 0 aromatic carbocycles. The molecule has 0 spiro atoms. The van der Waals surface area contributed by atoms with Gasteiger partial charge in [-0.2, -0.15) is 0 Å². The number of rotatable bonds is 6. The Bertz CT molecular complexity index is 317. The lowest BCUT2D eigenvalue weighted by molar-refractivity contribution is 0.589. The highest BCUT2D eigenvalue weighted by Crippen LogP contribution is 2.17. The first-order valence-corrected chi connectivity index (χ1v) is 6.32. The average molecular weight is 242 g/mol. The van der Waals surface area contributed by atoms with Gasteiger partial charge in [0.2, 0.25) is 5.28 Å². The molecule has 0 saturated carbocycles. The van der Waals surface area contributed by atoms with Gasteiger partial charge in [0.05, 0.1) is 0 Å². The lowest BCUT2D eigenvalue weighted by Crippen LogP contribution is -2.34. The van der Waals surface area contributed by atoms with Gasteiger partial charge in [-0.05, 0) is 37.4 Å². The molecule has 0 fully saturated rings. The molecule has 0 radical (unpaired) electrons. The molecule has 1 atom stereocenters. The topological polar surface area (TPSA) is 29.0 Å². The van der Waals surface area contributed by atoms with Gasteiger partial charge in [-0.3, -0.25) is 0 Å². The molecule has 1 aromatic rings. The maximum atomic E-state index is 5.82. The normalized spacial score (nSPS) is 12.5. The maximum Gasteiger partial charge on any atom is 0.224 e. The Labute approximate surface area is 103 Å². The second kappa shape index (κ2) is 6.69.